The Labute approximate surface area is 84.8 Å². The van der Waals surface area contributed by atoms with Gasteiger partial charge in [-0.05, 0) is 6.42 Å². The molecular formula is C9H12N2O4. The highest BCUT2D eigenvalue weighted by Gasteiger charge is 2.40. The number of aromatic amines is 1. The first kappa shape index (κ1) is 10.1. The number of rotatable bonds is 2. The van der Waals surface area contributed by atoms with Crippen LogP contribution in [0.3, 0.4) is 0 Å². The molecule has 1 aliphatic carbocycles. The number of hydrogen-bond acceptors (Lipinski definition) is 4. The van der Waals surface area contributed by atoms with Crippen LogP contribution in [0.4, 0.5) is 0 Å². The zero-order valence-corrected chi connectivity index (χ0v) is 7.96. The minimum absolute atomic E-state index is 0.0875. The number of nitrogens with zero attached hydrogens (tertiary/aromatic N) is 1. The van der Waals surface area contributed by atoms with Gasteiger partial charge in [0.15, 0.2) is 0 Å². The number of nitrogens with one attached hydrogen (secondary N) is 1. The van der Waals surface area contributed by atoms with Crippen molar-refractivity contribution in [1.82, 2.24) is 9.55 Å². The van der Waals surface area contributed by atoms with Gasteiger partial charge in [-0.1, -0.05) is 0 Å². The first-order valence-electron chi connectivity index (χ1n) is 4.74. The van der Waals surface area contributed by atoms with E-state index in [0.29, 0.717) is 6.42 Å². The summed E-state index contributed by atoms with van der Waals surface area (Å²) in [5, 5.41) is 18.4. The van der Waals surface area contributed by atoms with Crippen LogP contribution in [-0.4, -0.2) is 32.5 Å². The van der Waals surface area contributed by atoms with Crippen molar-refractivity contribution < 1.29 is 10.2 Å². The van der Waals surface area contributed by atoms with Gasteiger partial charge in [-0.2, -0.15) is 0 Å². The van der Waals surface area contributed by atoms with E-state index in [4.69, 9.17) is 5.11 Å². The Morgan fingerprint density at radius 2 is 2.27 bits per heavy atom. The van der Waals surface area contributed by atoms with Gasteiger partial charge in [0.05, 0.1) is 12.1 Å². The standard InChI is InChI=1S/C9H12N2O4/c12-4-5-3-6(8(5)14)11-2-1-7(13)10-9(11)15/h1-2,5-6,8,12,14H,3-4H2,(H,10,13,15)/t5-,6+,8+/m1/s1. The topological polar surface area (TPSA) is 95.3 Å². The SMILES string of the molecule is O=c1ccn([C@H]2C[C@H](CO)[C@@H]2O)c(=O)[nH]1. The molecule has 0 radical (unpaired) electrons. The second-order valence-corrected chi connectivity index (χ2v) is 3.75. The Morgan fingerprint density at radius 3 is 2.80 bits per heavy atom. The van der Waals surface area contributed by atoms with E-state index in [9.17, 15) is 14.7 Å². The molecule has 1 saturated carbocycles. The van der Waals surface area contributed by atoms with Crippen molar-refractivity contribution in [1.29, 1.82) is 0 Å². The summed E-state index contributed by atoms with van der Waals surface area (Å²) in [5.74, 6) is -0.172. The Morgan fingerprint density at radius 1 is 1.53 bits per heavy atom. The van der Waals surface area contributed by atoms with Gasteiger partial charge in [0, 0.05) is 24.8 Å². The molecule has 2 rings (SSSR count). The highest BCUT2D eigenvalue weighted by molar-refractivity contribution is 4.96. The molecule has 1 aliphatic rings. The van der Waals surface area contributed by atoms with Gasteiger partial charge in [-0.3, -0.25) is 14.3 Å². The van der Waals surface area contributed by atoms with Crippen LogP contribution in [0.5, 0.6) is 0 Å². The minimum Gasteiger partial charge on any atom is -0.396 e. The van der Waals surface area contributed by atoms with Gasteiger partial charge < -0.3 is 10.2 Å². The van der Waals surface area contributed by atoms with Crippen LogP contribution in [0, 0.1) is 5.92 Å². The summed E-state index contributed by atoms with van der Waals surface area (Å²) in [6, 6.07) is 0.895. The van der Waals surface area contributed by atoms with Crippen molar-refractivity contribution in [2.24, 2.45) is 5.92 Å². The number of aliphatic hydroxyl groups excluding tert-OH is 2. The van der Waals surface area contributed by atoms with Crippen LogP contribution < -0.4 is 11.2 Å². The average molecular weight is 212 g/mol. The molecule has 0 aliphatic heterocycles. The molecule has 3 N–H and O–H groups in total. The lowest BCUT2D eigenvalue weighted by Crippen LogP contribution is -2.49. The van der Waals surface area contributed by atoms with Gasteiger partial charge in [-0.15, -0.1) is 0 Å². The molecule has 0 spiro atoms. The van der Waals surface area contributed by atoms with Crippen LogP contribution in [-0.2, 0) is 0 Å². The lowest BCUT2D eigenvalue weighted by Gasteiger charge is -2.40. The second-order valence-electron chi connectivity index (χ2n) is 3.75. The van der Waals surface area contributed by atoms with Crippen molar-refractivity contribution >= 4 is 0 Å². The maximum Gasteiger partial charge on any atom is 0.328 e. The predicted molar refractivity (Wildman–Crippen MR) is 51.6 cm³/mol. The fraction of sp³-hybridized carbons (Fsp3) is 0.556. The maximum atomic E-state index is 11.3. The molecule has 6 nitrogen and oxygen atoms in total. The largest absolute Gasteiger partial charge is 0.396 e. The summed E-state index contributed by atoms with van der Waals surface area (Å²) in [6.45, 7) is -0.0875. The quantitative estimate of drug-likeness (QED) is 0.553. The minimum atomic E-state index is -0.724. The van der Waals surface area contributed by atoms with Crippen LogP contribution in [0.25, 0.3) is 0 Å². The van der Waals surface area contributed by atoms with Crippen molar-refractivity contribution in [2.75, 3.05) is 6.61 Å². The zero-order valence-electron chi connectivity index (χ0n) is 7.96. The molecule has 0 aromatic carbocycles. The molecule has 0 bridgehead atoms. The van der Waals surface area contributed by atoms with Crippen molar-refractivity contribution in [2.45, 2.75) is 18.6 Å². The van der Waals surface area contributed by atoms with E-state index in [1.807, 2.05) is 0 Å². The normalized spacial score (nSPS) is 29.9. The zero-order chi connectivity index (χ0) is 11.0. The van der Waals surface area contributed by atoms with E-state index in [0.717, 1.165) is 0 Å². The van der Waals surface area contributed by atoms with Gasteiger partial charge in [0.25, 0.3) is 5.56 Å². The van der Waals surface area contributed by atoms with Crippen LogP contribution in [0.2, 0.25) is 0 Å². The summed E-state index contributed by atoms with van der Waals surface area (Å²) in [5.41, 5.74) is -0.980. The summed E-state index contributed by atoms with van der Waals surface area (Å²) in [4.78, 5) is 24.3. The van der Waals surface area contributed by atoms with Crippen molar-refractivity contribution in [3.05, 3.63) is 33.1 Å². The fourth-order valence-electron chi connectivity index (χ4n) is 1.86. The lowest BCUT2D eigenvalue weighted by atomic mass is 9.77. The molecule has 15 heavy (non-hydrogen) atoms. The average Bonchev–Trinajstić information content (AvgIpc) is 2.20. The van der Waals surface area contributed by atoms with Gasteiger partial charge in [-0.25, -0.2) is 4.79 Å². The second kappa shape index (κ2) is 3.63. The smallest absolute Gasteiger partial charge is 0.328 e. The molecular weight excluding hydrogens is 200 g/mol. The van der Waals surface area contributed by atoms with E-state index in [1.54, 1.807) is 0 Å². The number of hydrogen-bond donors (Lipinski definition) is 3. The molecule has 1 aromatic rings. The van der Waals surface area contributed by atoms with E-state index < -0.39 is 17.4 Å². The van der Waals surface area contributed by atoms with Gasteiger partial charge in [0.2, 0.25) is 0 Å². The van der Waals surface area contributed by atoms with E-state index in [1.165, 1.54) is 16.8 Å². The highest BCUT2D eigenvalue weighted by Crippen LogP contribution is 2.36. The third-order valence-corrected chi connectivity index (χ3v) is 2.86. The summed E-state index contributed by atoms with van der Waals surface area (Å²) in [6.07, 6.45) is 1.19. The van der Waals surface area contributed by atoms with E-state index in [2.05, 4.69) is 4.98 Å². The number of H-pyrrole nitrogens is 1. The maximum absolute atomic E-state index is 11.3. The van der Waals surface area contributed by atoms with Crippen molar-refractivity contribution in [3.63, 3.8) is 0 Å². The molecule has 6 heteroatoms. The molecule has 3 atom stereocenters. The molecule has 1 aromatic heterocycles. The van der Waals surface area contributed by atoms with Gasteiger partial charge in [0.1, 0.15) is 0 Å². The molecule has 1 heterocycles. The van der Waals surface area contributed by atoms with Crippen molar-refractivity contribution in [3.8, 4) is 0 Å². The monoisotopic (exact) mass is 212 g/mol. The Kier molecular flexibility index (Phi) is 2.45. The first-order valence-corrected chi connectivity index (χ1v) is 4.74. The molecule has 0 amide bonds. The summed E-state index contributed by atoms with van der Waals surface area (Å²) in [7, 11) is 0. The molecule has 0 saturated heterocycles. The third kappa shape index (κ3) is 1.62. The highest BCUT2D eigenvalue weighted by atomic mass is 16.3. The summed E-state index contributed by atoms with van der Waals surface area (Å²) >= 11 is 0. The number of aliphatic hydroxyl groups is 2. The first-order chi connectivity index (χ1) is 7.13. The Bertz CT molecular complexity index is 464. The fourth-order valence-corrected chi connectivity index (χ4v) is 1.86. The van der Waals surface area contributed by atoms with E-state index in [-0.39, 0.29) is 18.6 Å². The lowest BCUT2D eigenvalue weighted by molar-refractivity contribution is -0.0579. The van der Waals surface area contributed by atoms with E-state index >= 15 is 0 Å². The Hall–Kier alpha value is -1.40. The van der Waals surface area contributed by atoms with Gasteiger partial charge >= 0.3 is 5.69 Å². The predicted octanol–water partition coefficient (Wildman–Crippen LogP) is -1.55. The van der Waals surface area contributed by atoms with Crippen LogP contribution in [0.15, 0.2) is 21.9 Å². The van der Waals surface area contributed by atoms with Crippen LogP contribution >= 0.6 is 0 Å². The molecule has 1 fully saturated rings. The Balaban J connectivity index is 2.26. The molecule has 0 unspecified atom stereocenters. The third-order valence-electron chi connectivity index (χ3n) is 2.86. The number of aromatic nitrogens is 2. The van der Waals surface area contributed by atoms with Crippen LogP contribution in [0.1, 0.15) is 12.5 Å². The summed E-state index contributed by atoms with van der Waals surface area (Å²) < 4.78 is 1.29. The molecule has 82 valence electrons.